The number of hydrogen-bond donors (Lipinski definition) is 2. The summed E-state index contributed by atoms with van der Waals surface area (Å²) in [6.07, 6.45) is -7.23. The van der Waals surface area contributed by atoms with E-state index in [4.69, 9.17) is 5.11 Å². The zero-order valence-electron chi connectivity index (χ0n) is 8.57. The first-order chi connectivity index (χ1) is 7.98. The van der Waals surface area contributed by atoms with Crippen molar-refractivity contribution in [2.24, 2.45) is 0 Å². The van der Waals surface area contributed by atoms with E-state index in [2.05, 4.69) is 10.2 Å². The van der Waals surface area contributed by atoms with Crippen LogP contribution in [-0.4, -0.2) is 21.5 Å². The van der Waals surface area contributed by atoms with Crippen LogP contribution < -0.4 is 0 Å². The normalized spacial score (nSPS) is 13.6. The topological polar surface area (TPSA) is 48.9 Å². The number of aliphatic hydroxyl groups excluding tert-OH is 1. The van der Waals surface area contributed by atoms with Crippen molar-refractivity contribution in [3.05, 3.63) is 42.1 Å². The molecule has 0 amide bonds. The summed E-state index contributed by atoms with van der Waals surface area (Å²) >= 11 is 0. The third-order valence-electron chi connectivity index (χ3n) is 2.27. The highest BCUT2D eigenvalue weighted by Crippen LogP contribution is 2.32. The molecule has 90 valence electrons. The Labute approximate surface area is 94.9 Å². The first-order valence-corrected chi connectivity index (χ1v) is 4.84. The Balaban J connectivity index is 2.28. The Hall–Kier alpha value is -1.82. The van der Waals surface area contributed by atoms with Crippen LogP contribution in [0.15, 0.2) is 36.4 Å². The second-order valence-corrected chi connectivity index (χ2v) is 3.52. The van der Waals surface area contributed by atoms with E-state index in [-0.39, 0.29) is 5.69 Å². The van der Waals surface area contributed by atoms with Crippen molar-refractivity contribution in [2.75, 3.05) is 0 Å². The van der Waals surface area contributed by atoms with Crippen molar-refractivity contribution in [3.8, 4) is 11.3 Å². The molecule has 0 spiro atoms. The van der Waals surface area contributed by atoms with Crippen molar-refractivity contribution in [1.82, 2.24) is 10.2 Å². The maximum atomic E-state index is 12.2. The smallest absolute Gasteiger partial charge is 0.378 e. The van der Waals surface area contributed by atoms with Gasteiger partial charge in [-0.05, 0) is 6.07 Å². The lowest BCUT2D eigenvalue weighted by atomic mass is 10.1. The maximum absolute atomic E-state index is 12.2. The summed E-state index contributed by atoms with van der Waals surface area (Å²) in [7, 11) is 0. The van der Waals surface area contributed by atoms with Crippen LogP contribution in [0.25, 0.3) is 11.3 Å². The Bertz CT molecular complexity index is 493. The third-order valence-corrected chi connectivity index (χ3v) is 2.27. The molecule has 0 saturated heterocycles. The molecule has 0 bridgehead atoms. The van der Waals surface area contributed by atoms with Crippen LogP contribution in [0.1, 0.15) is 11.8 Å². The molecule has 1 aromatic heterocycles. The first kappa shape index (κ1) is 11.7. The lowest BCUT2D eigenvalue weighted by molar-refractivity contribution is -0.207. The summed E-state index contributed by atoms with van der Waals surface area (Å²) < 4.78 is 36.7. The predicted molar refractivity (Wildman–Crippen MR) is 55.0 cm³/mol. The van der Waals surface area contributed by atoms with Gasteiger partial charge in [0.1, 0.15) is 0 Å². The lowest BCUT2D eigenvalue weighted by Crippen LogP contribution is -2.20. The molecule has 2 aromatic rings. The van der Waals surface area contributed by atoms with Gasteiger partial charge in [-0.25, -0.2) is 0 Å². The fourth-order valence-corrected chi connectivity index (χ4v) is 1.41. The van der Waals surface area contributed by atoms with Gasteiger partial charge in [0, 0.05) is 5.56 Å². The Morgan fingerprint density at radius 3 is 2.41 bits per heavy atom. The van der Waals surface area contributed by atoms with Crippen LogP contribution in [0.4, 0.5) is 13.2 Å². The second-order valence-electron chi connectivity index (χ2n) is 3.52. The van der Waals surface area contributed by atoms with Gasteiger partial charge in [-0.15, -0.1) is 0 Å². The molecule has 2 rings (SSSR count). The molecule has 0 aliphatic rings. The average Bonchev–Trinajstić information content (AvgIpc) is 2.77. The number of hydrogen-bond acceptors (Lipinski definition) is 2. The summed E-state index contributed by atoms with van der Waals surface area (Å²) in [5.41, 5.74) is 0.685. The quantitative estimate of drug-likeness (QED) is 0.850. The monoisotopic (exact) mass is 242 g/mol. The molecule has 2 N–H and O–H groups in total. The number of aromatic nitrogens is 2. The maximum Gasteiger partial charge on any atom is 0.420 e. The minimum Gasteiger partial charge on any atom is -0.378 e. The zero-order chi connectivity index (χ0) is 12.5. The number of alkyl halides is 3. The fraction of sp³-hybridized carbons (Fsp3) is 0.182. The number of nitrogens with zero attached hydrogens (tertiary/aromatic N) is 1. The standard InChI is InChI=1S/C11H9F3N2O/c12-11(13,14)10(17)9-6-8(15-16-9)7-4-2-1-3-5-7/h1-6,10,17H,(H,15,16)/t10-/m1/s1. The molecule has 0 fully saturated rings. The van der Waals surface area contributed by atoms with E-state index in [1.54, 1.807) is 30.3 Å². The number of H-pyrrole nitrogens is 1. The number of aliphatic hydroxyl groups is 1. The second kappa shape index (κ2) is 4.21. The summed E-state index contributed by atoms with van der Waals surface area (Å²) in [4.78, 5) is 0. The van der Waals surface area contributed by atoms with Crippen LogP contribution in [-0.2, 0) is 0 Å². The minimum atomic E-state index is -4.69. The molecule has 17 heavy (non-hydrogen) atoms. The highest BCUT2D eigenvalue weighted by Gasteiger charge is 2.40. The first-order valence-electron chi connectivity index (χ1n) is 4.84. The number of aromatic amines is 1. The number of halogens is 3. The Morgan fingerprint density at radius 1 is 1.18 bits per heavy atom. The lowest BCUT2D eigenvalue weighted by Gasteiger charge is -2.11. The molecule has 0 aliphatic carbocycles. The molecular formula is C11H9F3N2O. The van der Waals surface area contributed by atoms with Gasteiger partial charge in [0.25, 0.3) is 0 Å². The highest BCUT2D eigenvalue weighted by atomic mass is 19.4. The number of rotatable bonds is 2. The molecule has 1 heterocycles. The third kappa shape index (κ3) is 2.47. The molecule has 1 aromatic carbocycles. The molecule has 3 nitrogen and oxygen atoms in total. The Morgan fingerprint density at radius 2 is 1.82 bits per heavy atom. The molecule has 0 aliphatic heterocycles. The van der Waals surface area contributed by atoms with Gasteiger partial charge in [0.15, 0.2) is 6.10 Å². The summed E-state index contributed by atoms with van der Waals surface area (Å²) in [6, 6.07) is 9.93. The summed E-state index contributed by atoms with van der Waals surface area (Å²) in [6.45, 7) is 0. The van der Waals surface area contributed by atoms with Gasteiger partial charge in [0.2, 0.25) is 0 Å². The highest BCUT2D eigenvalue weighted by molar-refractivity contribution is 5.59. The van der Waals surface area contributed by atoms with Crippen molar-refractivity contribution < 1.29 is 18.3 Å². The fourth-order valence-electron chi connectivity index (χ4n) is 1.41. The van der Waals surface area contributed by atoms with E-state index < -0.39 is 12.3 Å². The van der Waals surface area contributed by atoms with Gasteiger partial charge >= 0.3 is 6.18 Å². The van der Waals surface area contributed by atoms with Crippen LogP contribution in [0.5, 0.6) is 0 Å². The number of benzene rings is 1. The van der Waals surface area contributed by atoms with Gasteiger partial charge in [-0.3, -0.25) is 5.10 Å². The van der Waals surface area contributed by atoms with E-state index in [9.17, 15) is 13.2 Å². The minimum absolute atomic E-state index is 0.364. The van der Waals surface area contributed by atoms with E-state index in [0.717, 1.165) is 0 Å². The van der Waals surface area contributed by atoms with Crippen molar-refractivity contribution in [3.63, 3.8) is 0 Å². The summed E-state index contributed by atoms with van der Waals surface area (Å²) in [5.74, 6) is 0. The molecular weight excluding hydrogens is 233 g/mol. The van der Waals surface area contributed by atoms with E-state index in [1.807, 2.05) is 0 Å². The van der Waals surface area contributed by atoms with Gasteiger partial charge in [-0.2, -0.15) is 18.3 Å². The van der Waals surface area contributed by atoms with E-state index in [0.29, 0.717) is 11.3 Å². The van der Waals surface area contributed by atoms with Crippen molar-refractivity contribution in [1.29, 1.82) is 0 Å². The molecule has 0 radical (unpaired) electrons. The van der Waals surface area contributed by atoms with Crippen LogP contribution in [0.2, 0.25) is 0 Å². The van der Waals surface area contributed by atoms with Gasteiger partial charge < -0.3 is 5.11 Å². The number of nitrogens with one attached hydrogen (secondary N) is 1. The SMILES string of the molecule is O[C@H](c1cc(-c2ccccc2)n[nH]1)C(F)(F)F. The van der Waals surface area contributed by atoms with Crippen LogP contribution >= 0.6 is 0 Å². The van der Waals surface area contributed by atoms with Crippen molar-refractivity contribution >= 4 is 0 Å². The van der Waals surface area contributed by atoms with E-state index >= 15 is 0 Å². The largest absolute Gasteiger partial charge is 0.420 e. The Kier molecular flexibility index (Phi) is 2.89. The molecule has 0 saturated carbocycles. The average molecular weight is 242 g/mol. The summed E-state index contributed by atoms with van der Waals surface area (Å²) in [5, 5.41) is 14.9. The zero-order valence-corrected chi connectivity index (χ0v) is 8.57. The van der Waals surface area contributed by atoms with Crippen LogP contribution in [0.3, 0.4) is 0 Å². The van der Waals surface area contributed by atoms with Crippen LogP contribution in [0, 0.1) is 0 Å². The van der Waals surface area contributed by atoms with E-state index in [1.165, 1.54) is 6.07 Å². The van der Waals surface area contributed by atoms with Gasteiger partial charge in [-0.1, -0.05) is 30.3 Å². The predicted octanol–water partition coefficient (Wildman–Crippen LogP) is 2.67. The van der Waals surface area contributed by atoms with Crippen molar-refractivity contribution in [2.45, 2.75) is 12.3 Å². The molecule has 0 unspecified atom stereocenters. The molecule has 6 heteroatoms. The van der Waals surface area contributed by atoms with Gasteiger partial charge in [0.05, 0.1) is 11.4 Å². The molecule has 1 atom stereocenters.